The number of benzene rings is 8. The Labute approximate surface area is 322 Å². The highest BCUT2D eigenvalue weighted by Crippen LogP contribution is 2.41. The molecule has 2 nitrogen and oxygen atoms in total. The molecule has 0 unspecified atom stereocenters. The number of rotatable bonds is 8. The lowest BCUT2D eigenvalue weighted by Crippen LogP contribution is -2.15. The molecule has 0 radical (unpaired) electrons. The summed E-state index contributed by atoms with van der Waals surface area (Å²) in [6.07, 6.45) is 12.4. The molecule has 0 fully saturated rings. The zero-order valence-corrected chi connectivity index (χ0v) is 31.1. The van der Waals surface area contributed by atoms with Crippen molar-refractivity contribution in [1.29, 1.82) is 0 Å². The van der Waals surface area contributed by atoms with E-state index >= 15 is 0 Å². The number of aromatic nitrogens is 1. The SMILES string of the molecule is C#C/C=C\C(=C/C)N(c1cccc(Cc2ccccc2-c2cc3c4ccc5ccccc5c4n(-c4ccccc4)c3cc2C)c1)c1ccc2ccccc2c1. The topological polar surface area (TPSA) is 8.17 Å². The highest BCUT2D eigenvalue weighted by atomic mass is 15.1. The third-order valence-electron chi connectivity index (χ3n) is 10.8. The van der Waals surface area contributed by atoms with Gasteiger partial charge in [-0.25, -0.2) is 0 Å². The van der Waals surface area contributed by atoms with Gasteiger partial charge in [0.2, 0.25) is 0 Å². The van der Waals surface area contributed by atoms with Gasteiger partial charge in [0, 0.05) is 38.9 Å². The molecular formula is C53H40N2. The van der Waals surface area contributed by atoms with Gasteiger partial charge < -0.3 is 9.47 Å². The Morgan fingerprint density at radius 1 is 0.618 bits per heavy atom. The Hall–Kier alpha value is -7.08. The van der Waals surface area contributed by atoms with Gasteiger partial charge in [-0.3, -0.25) is 0 Å². The highest BCUT2D eigenvalue weighted by Gasteiger charge is 2.19. The number of aryl methyl sites for hydroxylation is 1. The number of hydrogen-bond donors (Lipinski definition) is 0. The summed E-state index contributed by atoms with van der Waals surface area (Å²) >= 11 is 0. The molecule has 0 spiro atoms. The van der Waals surface area contributed by atoms with E-state index in [-0.39, 0.29) is 0 Å². The second kappa shape index (κ2) is 14.4. The molecule has 0 bridgehead atoms. The van der Waals surface area contributed by atoms with E-state index in [9.17, 15) is 0 Å². The van der Waals surface area contributed by atoms with E-state index in [2.05, 4.69) is 205 Å². The Bertz CT molecular complexity index is 2990. The molecule has 0 N–H and O–H groups in total. The van der Waals surface area contributed by atoms with Crippen molar-refractivity contribution in [3.05, 3.63) is 210 Å². The smallest absolute Gasteiger partial charge is 0.0619 e. The molecule has 0 amide bonds. The quantitative estimate of drug-likeness (QED) is 0.113. The zero-order valence-electron chi connectivity index (χ0n) is 31.1. The first-order valence-corrected chi connectivity index (χ1v) is 18.9. The van der Waals surface area contributed by atoms with Gasteiger partial charge >= 0.3 is 0 Å². The van der Waals surface area contributed by atoms with E-state index in [4.69, 9.17) is 6.42 Å². The molecule has 2 heteroatoms. The molecule has 0 aliphatic carbocycles. The lowest BCUT2D eigenvalue weighted by molar-refractivity contribution is 1.16. The third kappa shape index (κ3) is 6.17. The van der Waals surface area contributed by atoms with Crippen molar-refractivity contribution in [2.45, 2.75) is 20.3 Å². The van der Waals surface area contributed by atoms with Crippen molar-refractivity contribution < 1.29 is 0 Å². The van der Waals surface area contributed by atoms with E-state index in [0.29, 0.717) is 0 Å². The van der Waals surface area contributed by atoms with Crippen LogP contribution in [0.1, 0.15) is 23.6 Å². The molecule has 9 aromatic rings. The maximum Gasteiger partial charge on any atom is 0.0619 e. The van der Waals surface area contributed by atoms with Crippen LogP contribution in [-0.4, -0.2) is 4.57 Å². The fourth-order valence-corrected chi connectivity index (χ4v) is 8.22. The van der Waals surface area contributed by atoms with E-state index in [1.807, 2.05) is 6.08 Å². The van der Waals surface area contributed by atoms with Crippen molar-refractivity contribution in [1.82, 2.24) is 4.57 Å². The number of para-hydroxylation sites is 1. The zero-order chi connectivity index (χ0) is 37.3. The molecule has 0 saturated carbocycles. The van der Waals surface area contributed by atoms with Gasteiger partial charge in [-0.05, 0) is 125 Å². The van der Waals surface area contributed by atoms with Crippen LogP contribution in [-0.2, 0) is 6.42 Å². The molecule has 1 aromatic heterocycles. The monoisotopic (exact) mass is 704 g/mol. The summed E-state index contributed by atoms with van der Waals surface area (Å²) in [5.41, 5.74) is 13.1. The maximum atomic E-state index is 5.69. The minimum absolute atomic E-state index is 0.787. The molecule has 0 atom stereocenters. The normalized spacial score (nSPS) is 11.9. The van der Waals surface area contributed by atoms with Crippen molar-refractivity contribution in [2.75, 3.05) is 4.90 Å². The van der Waals surface area contributed by atoms with Crippen LogP contribution in [0.5, 0.6) is 0 Å². The predicted octanol–water partition coefficient (Wildman–Crippen LogP) is 13.9. The summed E-state index contributed by atoms with van der Waals surface area (Å²) in [6, 6.07) is 61.7. The minimum Gasteiger partial charge on any atom is -0.311 e. The Morgan fingerprint density at radius 3 is 2.18 bits per heavy atom. The summed E-state index contributed by atoms with van der Waals surface area (Å²) < 4.78 is 2.44. The van der Waals surface area contributed by atoms with Crippen LogP contribution >= 0.6 is 0 Å². The summed E-state index contributed by atoms with van der Waals surface area (Å²) in [6.45, 7) is 4.31. The number of nitrogens with zero attached hydrogens (tertiary/aromatic N) is 2. The lowest BCUT2D eigenvalue weighted by atomic mass is 9.91. The maximum absolute atomic E-state index is 5.69. The predicted molar refractivity (Wildman–Crippen MR) is 236 cm³/mol. The second-order valence-electron chi connectivity index (χ2n) is 14.1. The van der Waals surface area contributed by atoms with Crippen LogP contribution < -0.4 is 4.90 Å². The lowest BCUT2D eigenvalue weighted by Gasteiger charge is -2.27. The first kappa shape index (κ1) is 33.7. The van der Waals surface area contributed by atoms with Gasteiger partial charge in [0.25, 0.3) is 0 Å². The fraction of sp³-hybridized carbons (Fsp3) is 0.0566. The van der Waals surface area contributed by atoms with Gasteiger partial charge in [-0.15, -0.1) is 6.42 Å². The van der Waals surface area contributed by atoms with Crippen molar-refractivity contribution >= 4 is 54.7 Å². The van der Waals surface area contributed by atoms with Crippen LogP contribution in [0.2, 0.25) is 0 Å². The second-order valence-corrected chi connectivity index (χ2v) is 14.1. The van der Waals surface area contributed by atoms with Gasteiger partial charge in [-0.1, -0.05) is 133 Å². The molecule has 55 heavy (non-hydrogen) atoms. The first-order valence-electron chi connectivity index (χ1n) is 18.9. The average molecular weight is 705 g/mol. The summed E-state index contributed by atoms with van der Waals surface area (Å²) in [5, 5.41) is 7.42. The molecule has 8 aromatic carbocycles. The largest absolute Gasteiger partial charge is 0.311 e. The van der Waals surface area contributed by atoms with Gasteiger partial charge in [0.1, 0.15) is 0 Å². The Morgan fingerprint density at radius 2 is 1.35 bits per heavy atom. The van der Waals surface area contributed by atoms with Crippen LogP contribution in [0, 0.1) is 19.3 Å². The van der Waals surface area contributed by atoms with E-state index in [1.165, 1.54) is 76.9 Å². The van der Waals surface area contributed by atoms with Crippen molar-refractivity contribution in [2.24, 2.45) is 0 Å². The van der Waals surface area contributed by atoms with E-state index in [0.717, 1.165) is 23.5 Å². The third-order valence-corrected chi connectivity index (χ3v) is 10.8. The minimum atomic E-state index is 0.787. The van der Waals surface area contributed by atoms with E-state index < -0.39 is 0 Å². The molecule has 262 valence electrons. The first-order chi connectivity index (χ1) is 27.1. The highest BCUT2D eigenvalue weighted by molar-refractivity contribution is 6.19. The number of anilines is 2. The molecule has 0 aliphatic rings. The summed E-state index contributed by atoms with van der Waals surface area (Å²) in [4.78, 5) is 2.29. The van der Waals surface area contributed by atoms with Crippen molar-refractivity contribution in [3.8, 4) is 29.2 Å². The molecule has 1 heterocycles. The number of hydrogen-bond acceptors (Lipinski definition) is 1. The molecular weight excluding hydrogens is 665 g/mol. The fourth-order valence-electron chi connectivity index (χ4n) is 8.22. The molecule has 0 saturated heterocycles. The molecule has 9 rings (SSSR count). The van der Waals surface area contributed by atoms with Crippen molar-refractivity contribution in [3.63, 3.8) is 0 Å². The Balaban J connectivity index is 1.16. The summed E-state index contributed by atoms with van der Waals surface area (Å²) in [5.74, 6) is 2.68. The number of fused-ring (bicyclic) bond motifs is 6. The van der Waals surface area contributed by atoms with Gasteiger partial charge in [-0.2, -0.15) is 0 Å². The van der Waals surface area contributed by atoms with Gasteiger partial charge in [0.05, 0.1) is 11.0 Å². The number of terminal acetylenes is 1. The van der Waals surface area contributed by atoms with Gasteiger partial charge in [0.15, 0.2) is 0 Å². The molecule has 0 aliphatic heterocycles. The summed E-state index contributed by atoms with van der Waals surface area (Å²) in [7, 11) is 0. The van der Waals surface area contributed by atoms with Crippen LogP contribution in [0.3, 0.4) is 0 Å². The number of allylic oxidation sites excluding steroid dienone is 3. The average Bonchev–Trinajstić information content (AvgIpc) is 3.56. The van der Waals surface area contributed by atoms with Crippen LogP contribution in [0.15, 0.2) is 194 Å². The van der Waals surface area contributed by atoms with Crippen LogP contribution in [0.4, 0.5) is 11.4 Å². The van der Waals surface area contributed by atoms with E-state index in [1.54, 1.807) is 6.08 Å². The van der Waals surface area contributed by atoms with Crippen LogP contribution in [0.25, 0.3) is 60.2 Å². The standard InChI is InChI=1S/C53H40N2/c1-4-6-22-43(5-2)54(46-30-28-39-18-10-11-20-41(39)35-46)45-25-16-17-38(34-45)33-42-21-13-14-26-47(42)50-36-51-49-31-29-40-19-12-15-27-48(40)53(49)55(52(51)32-37(50)3)44-23-8-7-9-24-44/h1,5-32,34-36H,33H2,2-3H3/b22-6-,43-5+. The Kier molecular flexibility index (Phi) is 8.83.